The third kappa shape index (κ3) is 1.55. The Balaban J connectivity index is 3.22. The highest BCUT2D eigenvalue weighted by Crippen LogP contribution is 2.04. The van der Waals surface area contributed by atoms with E-state index in [0.29, 0.717) is 0 Å². The number of hydrogen-bond donors (Lipinski definition) is 1. The molecule has 0 fully saturated rings. The lowest BCUT2D eigenvalue weighted by Crippen LogP contribution is -1.96. The Bertz CT molecular complexity index is 301. The summed E-state index contributed by atoms with van der Waals surface area (Å²) < 4.78 is 29.2. The van der Waals surface area contributed by atoms with Gasteiger partial charge in [0.1, 0.15) is 0 Å². The summed E-state index contributed by atoms with van der Waals surface area (Å²) in [6, 6.07) is 8.07. The topological polar surface area (TPSA) is 54.4 Å². The van der Waals surface area contributed by atoms with E-state index in [-0.39, 0.29) is 4.90 Å². The number of rotatable bonds is 1. The van der Waals surface area contributed by atoms with Gasteiger partial charge in [0.15, 0.2) is 0 Å². The molecule has 1 rings (SSSR count). The molecule has 0 bridgehead atoms. The van der Waals surface area contributed by atoms with E-state index in [1.165, 1.54) is 18.2 Å². The van der Waals surface area contributed by atoms with Crippen LogP contribution >= 0.6 is 0 Å². The minimum atomic E-state index is -4.03. The van der Waals surface area contributed by atoms with Crippen LogP contribution in [0, 0.1) is 6.07 Å². The third-order valence-electron chi connectivity index (χ3n) is 0.976. The largest absolute Gasteiger partial charge is 0.294 e. The maximum atomic E-state index is 10.4. The summed E-state index contributed by atoms with van der Waals surface area (Å²) in [4.78, 5) is -0.130. The second-order valence-corrected chi connectivity index (χ2v) is 3.14. The fourth-order valence-corrected chi connectivity index (χ4v) is 1.00. The Labute approximate surface area is 59.1 Å². The number of hydrogen-bond acceptors (Lipinski definition) is 2. The SMILES string of the molecule is O=S(=O)(O)c1c[c]ccc1. The molecule has 0 aliphatic carbocycles. The second-order valence-electron chi connectivity index (χ2n) is 1.71. The molecule has 0 saturated heterocycles. The molecule has 1 aromatic carbocycles. The van der Waals surface area contributed by atoms with Gasteiger partial charge in [-0.15, -0.1) is 0 Å². The molecule has 0 heterocycles. The minimum Gasteiger partial charge on any atom is -0.282 e. The summed E-state index contributed by atoms with van der Waals surface area (Å²) in [6.07, 6.45) is 0. The Morgan fingerprint density at radius 3 is 2.50 bits per heavy atom. The molecule has 0 aromatic heterocycles. The molecular weight excluding hydrogens is 152 g/mol. The summed E-state index contributed by atoms with van der Waals surface area (Å²) in [6.45, 7) is 0. The molecule has 0 aliphatic heterocycles. The molecule has 4 heteroatoms. The van der Waals surface area contributed by atoms with Crippen LogP contribution in [0.1, 0.15) is 0 Å². The van der Waals surface area contributed by atoms with Gasteiger partial charge in [-0.2, -0.15) is 8.42 Å². The van der Waals surface area contributed by atoms with E-state index in [2.05, 4.69) is 6.07 Å². The molecule has 1 N–H and O–H groups in total. The molecular formula is C6H5O3S. The van der Waals surface area contributed by atoms with E-state index in [4.69, 9.17) is 4.55 Å². The summed E-state index contributed by atoms with van der Waals surface area (Å²) in [7, 11) is -4.03. The van der Waals surface area contributed by atoms with Gasteiger partial charge >= 0.3 is 0 Å². The zero-order chi connectivity index (χ0) is 7.61. The van der Waals surface area contributed by atoms with Crippen LogP contribution in [0.5, 0.6) is 0 Å². The van der Waals surface area contributed by atoms with Crippen LogP contribution in [0.4, 0.5) is 0 Å². The van der Waals surface area contributed by atoms with Gasteiger partial charge in [-0.25, -0.2) is 0 Å². The lowest BCUT2D eigenvalue weighted by Gasteiger charge is -1.91. The van der Waals surface area contributed by atoms with Gasteiger partial charge in [0, 0.05) is 0 Å². The van der Waals surface area contributed by atoms with Crippen molar-refractivity contribution in [1.29, 1.82) is 0 Å². The van der Waals surface area contributed by atoms with E-state index >= 15 is 0 Å². The van der Waals surface area contributed by atoms with Crippen molar-refractivity contribution in [1.82, 2.24) is 0 Å². The molecule has 53 valence electrons. The van der Waals surface area contributed by atoms with Crippen molar-refractivity contribution in [2.24, 2.45) is 0 Å². The van der Waals surface area contributed by atoms with Crippen molar-refractivity contribution >= 4 is 10.1 Å². The van der Waals surface area contributed by atoms with Crippen LogP contribution in [-0.4, -0.2) is 13.0 Å². The zero-order valence-corrected chi connectivity index (χ0v) is 5.80. The normalized spacial score (nSPS) is 11.3. The van der Waals surface area contributed by atoms with Crippen LogP contribution in [0.15, 0.2) is 29.2 Å². The Kier molecular flexibility index (Phi) is 1.74. The average molecular weight is 157 g/mol. The van der Waals surface area contributed by atoms with Gasteiger partial charge in [-0.3, -0.25) is 4.55 Å². The molecule has 0 saturated carbocycles. The Morgan fingerprint density at radius 2 is 2.20 bits per heavy atom. The fourth-order valence-electron chi connectivity index (χ4n) is 0.537. The quantitative estimate of drug-likeness (QED) is 0.611. The Morgan fingerprint density at radius 1 is 1.50 bits per heavy atom. The van der Waals surface area contributed by atoms with Crippen LogP contribution in [-0.2, 0) is 10.1 Å². The van der Waals surface area contributed by atoms with Crippen molar-refractivity contribution in [3.05, 3.63) is 30.3 Å². The van der Waals surface area contributed by atoms with Crippen molar-refractivity contribution in [2.75, 3.05) is 0 Å². The highest BCUT2D eigenvalue weighted by atomic mass is 32.2. The summed E-state index contributed by atoms with van der Waals surface area (Å²) in [5, 5.41) is 0. The second kappa shape index (κ2) is 2.40. The van der Waals surface area contributed by atoms with Crippen LogP contribution in [0.2, 0.25) is 0 Å². The van der Waals surface area contributed by atoms with Gasteiger partial charge in [0.05, 0.1) is 4.90 Å². The summed E-state index contributed by atoms with van der Waals surface area (Å²) >= 11 is 0. The van der Waals surface area contributed by atoms with E-state index in [0.717, 1.165) is 0 Å². The lowest BCUT2D eigenvalue weighted by molar-refractivity contribution is 0.483. The van der Waals surface area contributed by atoms with Gasteiger partial charge in [0.2, 0.25) is 0 Å². The standard InChI is InChI=1S/C6H5O3S/c7-10(8,9)6-4-2-1-3-5-6/h1-2,4-5H,(H,7,8,9). The van der Waals surface area contributed by atoms with Crippen molar-refractivity contribution in [3.63, 3.8) is 0 Å². The van der Waals surface area contributed by atoms with E-state index < -0.39 is 10.1 Å². The maximum Gasteiger partial charge on any atom is 0.294 e. The first-order chi connectivity index (χ1) is 4.61. The highest BCUT2D eigenvalue weighted by Gasteiger charge is 2.05. The van der Waals surface area contributed by atoms with E-state index in [1.54, 1.807) is 6.07 Å². The molecule has 3 nitrogen and oxygen atoms in total. The minimum absolute atomic E-state index is 0.130. The van der Waals surface area contributed by atoms with Gasteiger partial charge in [-0.05, 0) is 18.2 Å². The summed E-state index contributed by atoms with van der Waals surface area (Å²) in [5.41, 5.74) is 0. The van der Waals surface area contributed by atoms with Crippen molar-refractivity contribution < 1.29 is 13.0 Å². The molecule has 0 atom stereocenters. The monoisotopic (exact) mass is 157 g/mol. The Hall–Kier alpha value is -0.870. The van der Waals surface area contributed by atoms with Gasteiger partial charge < -0.3 is 0 Å². The van der Waals surface area contributed by atoms with Gasteiger partial charge in [-0.1, -0.05) is 12.1 Å². The first-order valence-electron chi connectivity index (χ1n) is 2.54. The van der Waals surface area contributed by atoms with Crippen LogP contribution in [0.3, 0.4) is 0 Å². The predicted molar refractivity (Wildman–Crippen MR) is 35.1 cm³/mol. The smallest absolute Gasteiger partial charge is 0.282 e. The van der Waals surface area contributed by atoms with Crippen LogP contribution in [0.25, 0.3) is 0 Å². The highest BCUT2D eigenvalue weighted by molar-refractivity contribution is 7.85. The van der Waals surface area contributed by atoms with Crippen molar-refractivity contribution in [3.8, 4) is 0 Å². The molecule has 1 aromatic rings. The first-order valence-corrected chi connectivity index (χ1v) is 3.98. The lowest BCUT2D eigenvalue weighted by atomic mass is 10.4. The molecule has 0 amide bonds. The molecule has 0 aliphatic rings. The maximum absolute atomic E-state index is 10.4. The third-order valence-corrected chi connectivity index (χ3v) is 1.83. The molecule has 1 radical (unpaired) electrons. The van der Waals surface area contributed by atoms with Gasteiger partial charge in [0.25, 0.3) is 10.1 Å². The van der Waals surface area contributed by atoms with E-state index in [9.17, 15) is 8.42 Å². The van der Waals surface area contributed by atoms with Crippen molar-refractivity contribution in [2.45, 2.75) is 4.90 Å². The van der Waals surface area contributed by atoms with E-state index in [1.807, 2.05) is 0 Å². The zero-order valence-electron chi connectivity index (χ0n) is 4.98. The fraction of sp³-hybridized carbons (Fsp3) is 0. The number of benzene rings is 1. The van der Waals surface area contributed by atoms with Crippen LogP contribution < -0.4 is 0 Å². The molecule has 0 spiro atoms. The average Bonchev–Trinajstić information content (AvgIpc) is 1.88. The summed E-state index contributed by atoms with van der Waals surface area (Å²) in [5.74, 6) is 0. The predicted octanol–water partition coefficient (Wildman–Crippen LogP) is 0.733. The molecule has 10 heavy (non-hydrogen) atoms. The first kappa shape index (κ1) is 7.24. The molecule has 0 unspecified atom stereocenters.